The smallest absolute Gasteiger partial charge is 0.0248 e. The van der Waals surface area contributed by atoms with E-state index >= 15 is 0 Å². The van der Waals surface area contributed by atoms with Crippen molar-refractivity contribution in [1.29, 1.82) is 0 Å². The van der Waals surface area contributed by atoms with Crippen LogP contribution >= 0.6 is 0 Å². The van der Waals surface area contributed by atoms with Gasteiger partial charge in [-0.05, 0) is 91.7 Å². The number of benzene rings is 2. The van der Waals surface area contributed by atoms with E-state index < -0.39 is 0 Å². The van der Waals surface area contributed by atoms with Gasteiger partial charge in [0.25, 0.3) is 0 Å². The highest BCUT2D eigenvalue weighted by Gasteiger charge is 2.27. The molecule has 0 spiro atoms. The van der Waals surface area contributed by atoms with Gasteiger partial charge in [0.15, 0.2) is 0 Å². The van der Waals surface area contributed by atoms with Gasteiger partial charge in [-0.15, -0.1) is 0 Å². The largest absolute Gasteiger partial charge is 0.0979 e. The second-order valence-corrected chi connectivity index (χ2v) is 15.3. The highest BCUT2D eigenvalue weighted by atomic mass is 14.3. The molecule has 0 saturated carbocycles. The van der Waals surface area contributed by atoms with Crippen molar-refractivity contribution in [3.63, 3.8) is 0 Å². The lowest BCUT2D eigenvalue weighted by Gasteiger charge is -2.31. The Morgan fingerprint density at radius 3 is 1.68 bits per heavy atom. The van der Waals surface area contributed by atoms with Crippen LogP contribution in [0.2, 0.25) is 0 Å². The van der Waals surface area contributed by atoms with Gasteiger partial charge >= 0.3 is 0 Å². The summed E-state index contributed by atoms with van der Waals surface area (Å²) in [5, 5.41) is 0. The number of allylic oxidation sites excluding steroid dienone is 2. The predicted octanol–water partition coefficient (Wildman–Crippen LogP) is 16.3. The summed E-state index contributed by atoms with van der Waals surface area (Å²) in [5.41, 5.74) is 7.57. The molecule has 50 heavy (non-hydrogen) atoms. The first kappa shape index (κ1) is 43.9. The van der Waals surface area contributed by atoms with Crippen molar-refractivity contribution < 1.29 is 0 Å². The zero-order valence-electron chi connectivity index (χ0n) is 33.9. The van der Waals surface area contributed by atoms with E-state index in [2.05, 4.69) is 101 Å². The molecule has 2 atom stereocenters. The molecule has 2 unspecified atom stereocenters. The van der Waals surface area contributed by atoms with E-state index in [4.69, 9.17) is 0 Å². The molecule has 2 rings (SSSR count). The summed E-state index contributed by atoms with van der Waals surface area (Å²) < 4.78 is 0. The molecule has 0 amide bonds. The lowest BCUT2D eigenvalue weighted by atomic mass is 9.73. The zero-order chi connectivity index (χ0) is 35.9. The lowest BCUT2D eigenvalue weighted by Crippen LogP contribution is -2.18. The average molecular weight is 681 g/mol. The van der Waals surface area contributed by atoms with Gasteiger partial charge in [-0.25, -0.2) is 0 Å². The number of unbranched alkanes of at least 4 members (excludes halogenated alkanes) is 19. The van der Waals surface area contributed by atoms with Crippen LogP contribution in [-0.4, -0.2) is 0 Å². The fourth-order valence-corrected chi connectivity index (χ4v) is 7.72. The molecule has 0 fully saturated rings. The monoisotopic (exact) mass is 681 g/mol. The Hall–Kier alpha value is -2.26. The minimum Gasteiger partial charge on any atom is -0.0979 e. The third-order valence-corrected chi connectivity index (χ3v) is 10.8. The van der Waals surface area contributed by atoms with Crippen molar-refractivity contribution in [1.82, 2.24) is 0 Å². The van der Waals surface area contributed by atoms with E-state index in [1.165, 1.54) is 178 Å². The number of hydrogen-bond acceptors (Lipinski definition) is 0. The molecule has 0 aliphatic heterocycles. The van der Waals surface area contributed by atoms with Gasteiger partial charge in [-0.3, -0.25) is 0 Å². The van der Waals surface area contributed by atoms with Crippen LogP contribution in [0.25, 0.3) is 0 Å². The Labute approximate surface area is 313 Å². The maximum atomic E-state index is 3.62. The zero-order valence-corrected chi connectivity index (χ0v) is 33.9. The predicted molar refractivity (Wildman–Crippen MR) is 225 cm³/mol. The molecule has 0 bridgehead atoms. The normalized spacial score (nSPS) is 12.7. The fraction of sp³-hybridized carbons (Fsp3) is 0.680. The molecule has 0 heterocycles. The molecule has 2 aromatic rings. The Bertz CT molecular complexity index is 1140. The van der Waals surface area contributed by atoms with Crippen molar-refractivity contribution in [2.24, 2.45) is 5.92 Å². The first-order chi connectivity index (χ1) is 24.7. The molecule has 0 saturated heterocycles. The molecule has 0 aromatic heterocycles. The SMILES string of the molecule is CCCCCCCC=CC(CCCCC)C(c1cccc(C#CCCCCCCCCCC)c1)c1c(CCCCC)cccc1CCCCC. The molecule has 0 heteroatoms. The lowest BCUT2D eigenvalue weighted by molar-refractivity contribution is 0.485. The summed E-state index contributed by atoms with van der Waals surface area (Å²) in [5.74, 6) is 8.09. The number of hydrogen-bond donors (Lipinski definition) is 0. The van der Waals surface area contributed by atoms with E-state index in [-0.39, 0.29) is 0 Å². The summed E-state index contributed by atoms with van der Waals surface area (Å²) >= 11 is 0. The van der Waals surface area contributed by atoms with Crippen molar-refractivity contribution in [2.45, 2.75) is 214 Å². The van der Waals surface area contributed by atoms with Gasteiger partial charge in [-0.2, -0.15) is 0 Å². The Morgan fingerprint density at radius 1 is 0.540 bits per heavy atom. The van der Waals surface area contributed by atoms with E-state index in [0.717, 1.165) is 6.42 Å². The van der Waals surface area contributed by atoms with Crippen LogP contribution in [0.4, 0.5) is 0 Å². The first-order valence-corrected chi connectivity index (χ1v) is 22.1. The molecular weight excluding hydrogens is 601 g/mol. The minimum atomic E-state index is 0.382. The first-order valence-electron chi connectivity index (χ1n) is 22.1. The summed E-state index contributed by atoms with van der Waals surface area (Å²) in [6, 6.07) is 16.8. The van der Waals surface area contributed by atoms with Crippen molar-refractivity contribution in [3.8, 4) is 11.8 Å². The van der Waals surface area contributed by atoms with Crippen molar-refractivity contribution >= 4 is 0 Å². The molecule has 2 aromatic carbocycles. The van der Waals surface area contributed by atoms with Crippen LogP contribution in [0.1, 0.15) is 229 Å². The topological polar surface area (TPSA) is 0 Å². The van der Waals surface area contributed by atoms with Gasteiger partial charge in [0, 0.05) is 17.9 Å². The summed E-state index contributed by atoms with van der Waals surface area (Å²) in [6.45, 7) is 11.6. The third kappa shape index (κ3) is 18.8. The molecule has 0 N–H and O–H groups in total. The number of rotatable bonds is 30. The Morgan fingerprint density at radius 2 is 1.06 bits per heavy atom. The average Bonchev–Trinajstić information content (AvgIpc) is 3.13. The van der Waals surface area contributed by atoms with Crippen LogP contribution in [0.5, 0.6) is 0 Å². The van der Waals surface area contributed by atoms with Gasteiger partial charge in [0.2, 0.25) is 0 Å². The van der Waals surface area contributed by atoms with E-state index in [1.807, 2.05) is 0 Å². The van der Waals surface area contributed by atoms with Crippen LogP contribution < -0.4 is 0 Å². The maximum absolute atomic E-state index is 3.62. The van der Waals surface area contributed by atoms with Crippen LogP contribution in [0.3, 0.4) is 0 Å². The van der Waals surface area contributed by atoms with Crippen LogP contribution in [-0.2, 0) is 12.8 Å². The van der Waals surface area contributed by atoms with Gasteiger partial charge in [0.1, 0.15) is 0 Å². The van der Waals surface area contributed by atoms with Gasteiger partial charge in [0.05, 0.1) is 0 Å². The molecule has 280 valence electrons. The summed E-state index contributed by atoms with van der Waals surface area (Å²) in [7, 11) is 0. The number of aryl methyl sites for hydroxylation is 2. The second kappa shape index (κ2) is 30.4. The maximum Gasteiger partial charge on any atom is 0.0248 e. The Balaban J connectivity index is 2.47. The minimum absolute atomic E-state index is 0.382. The highest BCUT2D eigenvalue weighted by Crippen LogP contribution is 2.41. The van der Waals surface area contributed by atoms with Crippen molar-refractivity contribution in [3.05, 3.63) is 82.4 Å². The van der Waals surface area contributed by atoms with E-state index in [9.17, 15) is 0 Å². The summed E-state index contributed by atoms with van der Waals surface area (Å²) in [4.78, 5) is 0. The highest BCUT2D eigenvalue weighted by molar-refractivity contribution is 5.48. The van der Waals surface area contributed by atoms with E-state index in [0.29, 0.717) is 11.8 Å². The third-order valence-electron chi connectivity index (χ3n) is 10.8. The molecule has 0 aliphatic carbocycles. The molecule has 0 radical (unpaired) electrons. The Kier molecular flexibility index (Phi) is 26.7. The summed E-state index contributed by atoms with van der Waals surface area (Å²) in [6.07, 6.45) is 40.4. The quantitative estimate of drug-likeness (QED) is 0.0438. The van der Waals surface area contributed by atoms with Crippen LogP contribution in [0.15, 0.2) is 54.6 Å². The van der Waals surface area contributed by atoms with E-state index in [1.54, 1.807) is 16.7 Å². The fourth-order valence-electron chi connectivity index (χ4n) is 7.72. The second-order valence-electron chi connectivity index (χ2n) is 15.3. The molecule has 0 aliphatic rings. The molecular formula is C50H80. The van der Waals surface area contributed by atoms with Crippen LogP contribution in [0, 0.1) is 17.8 Å². The van der Waals surface area contributed by atoms with Crippen molar-refractivity contribution in [2.75, 3.05) is 0 Å². The van der Waals surface area contributed by atoms with Gasteiger partial charge in [-0.1, -0.05) is 205 Å². The standard InChI is InChI=1S/C50H80/c1-6-11-16-18-20-21-22-24-25-30-34-44-35-32-42-48(43-44)50(45(36-27-13-8-3)39-31-26-23-19-17-12-7-2)49-46(37-28-14-9-4)40-33-41-47(49)38-29-15-10-5/h31-33,35,39-43,45,50H,6-29,36-38H2,1-5H3. The van der Waals surface area contributed by atoms with Gasteiger partial charge < -0.3 is 0 Å². The molecule has 0 nitrogen and oxygen atoms in total.